The molecule has 1 aromatic carbocycles. The molecule has 3 aromatic rings. The summed E-state index contributed by atoms with van der Waals surface area (Å²) in [6, 6.07) is 11.0. The second-order valence-electron chi connectivity index (χ2n) is 7.53. The number of carbonyl (C=O) groups is 1. The summed E-state index contributed by atoms with van der Waals surface area (Å²) in [7, 11) is 0. The minimum absolute atomic E-state index is 0.0193. The predicted molar refractivity (Wildman–Crippen MR) is 103 cm³/mol. The van der Waals surface area contributed by atoms with Gasteiger partial charge in [0.2, 0.25) is 0 Å². The Kier molecular flexibility index (Phi) is 4.15. The largest absolute Gasteiger partial charge is 0.486 e. The molecule has 2 fully saturated rings. The number of amides is 1. The lowest BCUT2D eigenvalue weighted by Gasteiger charge is -2.39. The quantitative estimate of drug-likeness (QED) is 0.651. The van der Waals surface area contributed by atoms with Gasteiger partial charge in [-0.3, -0.25) is 9.59 Å². The summed E-state index contributed by atoms with van der Waals surface area (Å²) in [5, 5.41) is 11.1. The Balaban J connectivity index is 1.23. The molecule has 1 amide bonds. The van der Waals surface area contributed by atoms with Crippen molar-refractivity contribution in [1.29, 1.82) is 0 Å². The van der Waals surface area contributed by atoms with Crippen LogP contribution in [0.2, 0.25) is 0 Å². The first kappa shape index (κ1) is 17.6. The van der Waals surface area contributed by atoms with E-state index in [2.05, 4.69) is 15.5 Å². The van der Waals surface area contributed by atoms with Gasteiger partial charge in [-0.15, -0.1) is 5.10 Å². The summed E-state index contributed by atoms with van der Waals surface area (Å²) in [6.07, 6.45) is 3.50. The van der Waals surface area contributed by atoms with Gasteiger partial charge in [-0.1, -0.05) is 6.07 Å². The number of carbonyl (C=O) groups excluding carboxylic acids is 1. The summed E-state index contributed by atoms with van der Waals surface area (Å²) in [4.78, 5) is 26.8. The van der Waals surface area contributed by atoms with E-state index in [4.69, 9.17) is 4.74 Å². The van der Waals surface area contributed by atoms with Gasteiger partial charge in [-0.25, -0.2) is 4.68 Å². The maximum Gasteiger partial charge on any atom is 0.254 e. The molecule has 9 nitrogen and oxygen atoms in total. The highest BCUT2D eigenvalue weighted by Gasteiger charge is 2.33. The Morgan fingerprint density at radius 2 is 2.00 bits per heavy atom. The molecule has 3 heterocycles. The molecule has 1 aliphatic heterocycles. The Bertz CT molecular complexity index is 1110. The van der Waals surface area contributed by atoms with E-state index >= 15 is 0 Å². The fourth-order valence-electron chi connectivity index (χ4n) is 3.67. The number of aryl methyl sites for hydroxylation is 1. The third-order valence-corrected chi connectivity index (χ3v) is 5.29. The maximum absolute atomic E-state index is 12.7. The third kappa shape index (κ3) is 3.39. The van der Waals surface area contributed by atoms with Crippen molar-refractivity contribution in [3.05, 3.63) is 64.3 Å². The highest BCUT2D eigenvalue weighted by atomic mass is 16.5. The molecule has 5 rings (SSSR count). The summed E-state index contributed by atoms with van der Waals surface area (Å²) in [6.45, 7) is 2.90. The topological polar surface area (TPSA) is 95.1 Å². The molecule has 9 heteroatoms. The molecule has 2 aromatic heterocycles. The van der Waals surface area contributed by atoms with Crippen molar-refractivity contribution in [3.8, 4) is 11.4 Å². The monoisotopic (exact) mass is 392 g/mol. The van der Waals surface area contributed by atoms with Crippen LogP contribution in [0.4, 0.5) is 0 Å². The lowest BCUT2D eigenvalue weighted by molar-refractivity contribution is 0.0176. The number of rotatable bonds is 5. The third-order valence-electron chi connectivity index (χ3n) is 5.29. The Labute approximate surface area is 166 Å². The normalized spacial score (nSPS) is 16.5. The van der Waals surface area contributed by atoms with Gasteiger partial charge >= 0.3 is 0 Å². The van der Waals surface area contributed by atoms with Gasteiger partial charge in [0.25, 0.3) is 11.5 Å². The molecular weight excluding hydrogens is 372 g/mol. The minimum Gasteiger partial charge on any atom is -0.486 e. The zero-order valence-electron chi connectivity index (χ0n) is 15.9. The molecule has 1 aliphatic carbocycles. The smallest absolute Gasteiger partial charge is 0.254 e. The van der Waals surface area contributed by atoms with Crippen molar-refractivity contribution in [3.63, 3.8) is 0 Å². The number of nitrogens with zero attached hydrogens (tertiary/aromatic N) is 6. The van der Waals surface area contributed by atoms with Gasteiger partial charge in [-0.2, -0.15) is 0 Å². The first-order valence-electron chi connectivity index (χ1n) is 9.61. The van der Waals surface area contributed by atoms with Crippen molar-refractivity contribution in [2.45, 2.75) is 31.9 Å². The minimum atomic E-state index is -0.114. The summed E-state index contributed by atoms with van der Waals surface area (Å²) < 4.78 is 9.27. The number of aromatic nitrogens is 5. The lowest BCUT2D eigenvalue weighted by Crippen LogP contribution is -2.56. The summed E-state index contributed by atoms with van der Waals surface area (Å²) in [5.41, 5.74) is 2.19. The van der Waals surface area contributed by atoms with Gasteiger partial charge < -0.3 is 14.2 Å². The highest BCUT2D eigenvalue weighted by Crippen LogP contribution is 2.35. The first-order chi connectivity index (χ1) is 14.1. The van der Waals surface area contributed by atoms with Gasteiger partial charge in [0, 0.05) is 23.4 Å². The van der Waals surface area contributed by atoms with E-state index in [1.165, 1.54) is 11.0 Å². The van der Waals surface area contributed by atoms with E-state index in [9.17, 15) is 9.59 Å². The molecule has 1 saturated carbocycles. The SMILES string of the molecule is Cc1cc(OC2CN(C(=O)c3cccc(-n4cnnn4)c3)C2)cc(=O)n1C1CC1. The standard InChI is InChI=1S/C20H20N6O3/c1-13-7-17(9-19(27)26(13)15-5-6-15)29-18-10-24(11-18)20(28)14-3-2-4-16(8-14)25-12-21-22-23-25/h2-4,7-9,12,15,18H,5-6,10-11H2,1H3. The van der Waals surface area contributed by atoms with E-state index in [0.29, 0.717) is 30.4 Å². The second kappa shape index (κ2) is 6.84. The fraction of sp³-hybridized carbons (Fsp3) is 0.350. The molecule has 0 radical (unpaired) electrons. The second-order valence-corrected chi connectivity index (χ2v) is 7.53. The van der Waals surface area contributed by atoms with Crippen LogP contribution in [0.15, 0.2) is 47.5 Å². The molecule has 0 N–H and O–H groups in total. The highest BCUT2D eigenvalue weighted by molar-refractivity contribution is 5.95. The van der Waals surface area contributed by atoms with Crippen LogP contribution in [-0.2, 0) is 0 Å². The van der Waals surface area contributed by atoms with E-state index in [1.54, 1.807) is 29.2 Å². The number of likely N-dealkylation sites (tertiary alicyclic amines) is 1. The zero-order valence-corrected chi connectivity index (χ0v) is 15.9. The van der Waals surface area contributed by atoms with Crippen LogP contribution in [0.3, 0.4) is 0 Å². The fourth-order valence-corrected chi connectivity index (χ4v) is 3.67. The Morgan fingerprint density at radius 3 is 2.69 bits per heavy atom. The van der Waals surface area contributed by atoms with Crippen molar-refractivity contribution in [1.82, 2.24) is 29.7 Å². The molecular formula is C20H20N6O3. The van der Waals surface area contributed by atoms with Crippen molar-refractivity contribution < 1.29 is 9.53 Å². The van der Waals surface area contributed by atoms with E-state index in [1.807, 2.05) is 23.6 Å². The van der Waals surface area contributed by atoms with Crippen LogP contribution in [0, 0.1) is 6.92 Å². The summed E-state index contributed by atoms with van der Waals surface area (Å²) >= 11 is 0. The van der Waals surface area contributed by atoms with Crippen molar-refractivity contribution >= 4 is 5.91 Å². The predicted octanol–water partition coefficient (Wildman–Crippen LogP) is 1.37. The molecule has 0 unspecified atom stereocenters. The molecule has 0 spiro atoms. The average Bonchev–Trinajstić information content (AvgIpc) is 3.35. The zero-order chi connectivity index (χ0) is 20.0. The van der Waals surface area contributed by atoms with Crippen molar-refractivity contribution in [2.24, 2.45) is 0 Å². The first-order valence-corrected chi connectivity index (χ1v) is 9.61. The van der Waals surface area contributed by atoms with E-state index in [0.717, 1.165) is 24.2 Å². The molecule has 148 valence electrons. The van der Waals surface area contributed by atoms with Gasteiger partial charge in [0.1, 0.15) is 18.2 Å². The number of hydrogen-bond acceptors (Lipinski definition) is 6. The molecule has 29 heavy (non-hydrogen) atoms. The molecule has 2 aliphatic rings. The molecule has 0 bridgehead atoms. The Hall–Kier alpha value is -3.49. The number of pyridine rings is 1. The van der Waals surface area contributed by atoms with Gasteiger partial charge in [0.15, 0.2) is 0 Å². The van der Waals surface area contributed by atoms with Crippen LogP contribution in [0.5, 0.6) is 5.75 Å². The van der Waals surface area contributed by atoms with Gasteiger partial charge in [-0.05, 0) is 54.5 Å². The van der Waals surface area contributed by atoms with Crippen LogP contribution in [0.1, 0.15) is 34.9 Å². The van der Waals surface area contributed by atoms with Crippen LogP contribution < -0.4 is 10.3 Å². The van der Waals surface area contributed by atoms with Crippen LogP contribution >= 0.6 is 0 Å². The van der Waals surface area contributed by atoms with Crippen molar-refractivity contribution in [2.75, 3.05) is 13.1 Å². The van der Waals surface area contributed by atoms with Crippen LogP contribution in [0.25, 0.3) is 5.69 Å². The number of tetrazole rings is 1. The summed E-state index contributed by atoms with van der Waals surface area (Å²) in [5.74, 6) is 0.502. The number of benzene rings is 1. The Morgan fingerprint density at radius 1 is 1.17 bits per heavy atom. The van der Waals surface area contributed by atoms with Crippen LogP contribution in [-0.4, -0.2) is 54.8 Å². The molecule has 1 saturated heterocycles. The number of hydrogen-bond donors (Lipinski definition) is 0. The van der Waals surface area contributed by atoms with E-state index < -0.39 is 0 Å². The maximum atomic E-state index is 12.7. The number of ether oxygens (including phenoxy) is 1. The average molecular weight is 392 g/mol. The molecule has 0 atom stereocenters. The lowest BCUT2D eigenvalue weighted by atomic mass is 10.1. The van der Waals surface area contributed by atoms with E-state index in [-0.39, 0.29) is 17.6 Å². The van der Waals surface area contributed by atoms with Gasteiger partial charge in [0.05, 0.1) is 18.8 Å².